The van der Waals surface area contributed by atoms with Crippen LogP contribution in [0.25, 0.3) is 0 Å². The highest BCUT2D eigenvalue weighted by molar-refractivity contribution is 7.10. The molecule has 1 aromatic rings. The van der Waals surface area contributed by atoms with Crippen LogP contribution in [0, 0.1) is 0 Å². The first kappa shape index (κ1) is 11.5. The lowest BCUT2D eigenvalue weighted by Crippen LogP contribution is -2.19. The van der Waals surface area contributed by atoms with Crippen molar-refractivity contribution in [3.63, 3.8) is 0 Å². The Labute approximate surface area is 91.7 Å². The zero-order valence-electron chi connectivity index (χ0n) is 9.42. The number of hydrogen-bond donors (Lipinski definition) is 0. The Morgan fingerprint density at radius 3 is 2.43 bits per heavy atom. The standard InChI is InChI=1S/C13H20S/c1-4-7-10-13(5-2,6-3)12-9-8-11-14-12/h7-11H,4-6H2,1-3H3/b10-7+. The van der Waals surface area contributed by atoms with Crippen molar-refractivity contribution in [3.05, 3.63) is 34.5 Å². The van der Waals surface area contributed by atoms with Gasteiger partial charge in [0.05, 0.1) is 0 Å². The summed E-state index contributed by atoms with van der Waals surface area (Å²) in [5.41, 5.74) is 0.296. The predicted molar refractivity (Wildman–Crippen MR) is 66.0 cm³/mol. The molecule has 1 rings (SSSR count). The second-order valence-electron chi connectivity index (χ2n) is 3.65. The molecule has 1 heteroatoms. The Morgan fingerprint density at radius 2 is 2.00 bits per heavy atom. The largest absolute Gasteiger partial charge is 0.148 e. The van der Waals surface area contributed by atoms with E-state index in [1.54, 1.807) is 0 Å². The van der Waals surface area contributed by atoms with Gasteiger partial charge >= 0.3 is 0 Å². The minimum Gasteiger partial charge on any atom is -0.148 e. The molecule has 0 aliphatic carbocycles. The van der Waals surface area contributed by atoms with Crippen LogP contribution < -0.4 is 0 Å². The van der Waals surface area contributed by atoms with Crippen molar-refractivity contribution in [2.24, 2.45) is 0 Å². The predicted octanol–water partition coefficient (Wildman–Crippen LogP) is 4.77. The maximum absolute atomic E-state index is 2.40. The molecule has 0 fully saturated rings. The smallest absolute Gasteiger partial charge is 0.0221 e. The van der Waals surface area contributed by atoms with Gasteiger partial charge in [0.2, 0.25) is 0 Å². The van der Waals surface area contributed by atoms with Crippen molar-refractivity contribution in [2.45, 2.75) is 45.4 Å². The van der Waals surface area contributed by atoms with E-state index in [1.165, 1.54) is 17.7 Å². The highest BCUT2D eigenvalue weighted by atomic mass is 32.1. The van der Waals surface area contributed by atoms with Crippen LogP contribution in [-0.2, 0) is 5.41 Å². The first-order valence-electron chi connectivity index (χ1n) is 5.50. The SMILES string of the molecule is CC/C=C/C(CC)(CC)c1cccs1. The van der Waals surface area contributed by atoms with Crippen LogP contribution in [0.1, 0.15) is 44.9 Å². The van der Waals surface area contributed by atoms with Gasteiger partial charge in [0.25, 0.3) is 0 Å². The molecular formula is C13H20S. The lowest BCUT2D eigenvalue weighted by Gasteiger charge is -2.26. The fourth-order valence-electron chi connectivity index (χ4n) is 1.82. The highest BCUT2D eigenvalue weighted by Gasteiger charge is 2.25. The van der Waals surface area contributed by atoms with E-state index in [9.17, 15) is 0 Å². The van der Waals surface area contributed by atoms with Crippen LogP contribution in [-0.4, -0.2) is 0 Å². The van der Waals surface area contributed by atoms with Gasteiger partial charge in [-0.05, 0) is 30.7 Å². The second-order valence-corrected chi connectivity index (χ2v) is 4.60. The number of rotatable bonds is 5. The van der Waals surface area contributed by atoms with E-state index < -0.39 is 0 Å². The van der Waals surface area contributed by atoms with Crippen molar-refractivity contribution >= 4 is 11.3 Å². The molecule has 0 radical (unpaired) electrons. The lowest BCUT2D eigenvalue weighted by atomic mass is 9.80. The maximum atomic E-state index is 2.40. The summed E-state index contributed by atoms with van der Waals surface area (Å²) in [5.74, 6) is 0. The summed E-state index contributed by atoms with van der Waals surface area (Å²) in [6, 6.07) is 4.41. The minimum atomic E-state index is 0.296. The van der Waals surface area contributed by atoms with Crippen LogP contribution in [0.2, 0.25) is 0 Å². The van der Waals surface area contributed by atoms with Crippen molar-refractivity contribution in [1.82, 2.24) is 0 Å². The number of allylic oxidation sites excluding steroid dienone is 2. The zero-order valence-corrected chi connectivity index (χ0v) is 10.2. The molecule has 0 aromatic carbocycles. The monoisotopic (exact) mass is 208 g/mol. The molecule has 1 heterocycles. The summed E-state index contributed by atoms with van der Waals surface area (Å²) >= 11 is 1.88. The molecule has 0 nitrogen and oxygen atoms in total. The quantitative estimate of drug-likeness (QED) is 0.611. The molecule has 0 atom stereocenters. The molecular weight excluding hydrogens is 188 g/mol. The Balaban J connectivity index is 2.97. The van der Waals surface area contributed by atoms with Gasteiger partial charge in [0.15, 0.2) is 0 Å². The summed E-state index contributed by atoms with van der Waals surface area (Å²) in [7, 11) is 0. The van der Waals surface area contributed by atoms with Gasteiger partial charge in [0, 0.05) is 10.3 Å². The van der Waals surface area contributed by atoms with Gasteiger partial charge in [-0.3, -0.25) is 0 Å². The van der Waals surface area contributed by atoms with E-state index in [0.29, 0.717) is 5.41 Å². The summed E-state index contributed by atoms with van der Waals surface area (Å²) < 4.78 is 0. The molecule has 1 aromatic heterocycles. The van der Waals surface area contributed by atoms with Gasteiger partial charge in [0.1, 0.15) is 0 Å². The van der Waals surface area contributed by atoms with Crippen LogP contribution in [0.4, 0.5) is 0 Å². The molecule has 0 unspecified atom stereocenters. The van der Waals surface area contributed by atoms with Crippen LogP contribution >= 0.6 is 11.3 Å². The molecule has 0 bridgehead atoms. The van der Waals surface area contributed by atoms with Crippen molar-refractivity contribution < 1.29 is 0 Å². The molecule has 0 spiro atoms. The molecule has 0 saturated heterocycles. The first-order valence-corrected chi connectivity index (χ1v) is 6.38. The molecule has 14 heavy (non-hydrogen) atoms. The van der Waals surface area contributed by atoms with Gasteiger partial charge in [-0.1, -0.05) is 39.0 Å². The first-order chi connectivity index (χ1) is 6.79. The third-order valence-corrected chi connectivity index (χ3v) is 4.04. The molecule has 78 valence electrons. The molecule has 0 aliphatic rings. The minimum absolute atomic E-state index is 0.296. The van der Waals surface area contributed by atoms with Crippen LogP contribution in [0.15, 0.2) is 29.7 Å². The van der Waals surface area contributed by atoms with E-state index in [1.807, 2.05) is 11.3 Å². The normalized spacial score (nSPS) is 12.5. The molecule has 0 amide bonds. The summed E-state index contributed by atoms with van der Waals surface area (Å²) in [6.45, 7) is 6.76. The second kappa shape index (κ2) is 5.35. The molecule has 0 saturated carbocycles. The zero-order chi connectivity index (χ0) is 10.4. The van der Waals surface area contributed by atoms with Gasteiger partial charge in [-0.25, -0.2) is 0 Å². The Hall–Kier alpha value is -0.560. The van der Waals surface area contributed by atoms with Crippen molar-refractivity contribution in [3.8, 4) is 0 Å². The Kier molecular flexibility index (Phi) is 4.40. The fourth-order valence-corrected chi connectivity index (χ4v) is 2.87. The van der Waals surface area contributed by atoms with Gasteiger partial charge in [-0.2, -0.15) is 0 Å². The third-order valence-electron chi connectivity index (χ3n) is 2.95. The van der Waals surface area contributed by atoms with Crippen LogP contribution in [0.5, 0.6) is 0 Å². The average molecular weight is 208 g/mol. The lowest BCUT2D eigenvalue weighted by molar-refractivity contribution is 0.506. The Bertz CT molecular complexity index is 265. The van der Waals surface area contributed by atoms with E-state index in [2.05, 4.69) is 50.4 Å². The number of hydrogen-bond acceptors (Lipinski definition) is 1. The molecule has 0 N–H and O–H groups in total. The summed E-state index contributed by atoms with van der Waals surface area (Å²) in [6.07, 6.45) is 8.22. The van der Waals surface area contributed by atoms with Gasteiger partial charge in [-0.15, -0.1) is 11.3 Å². The van der Waals surface area contributed by atoms with Crippen molar-refractivity contribution in [2.75, 3.05) is 0 Å². The summed E-state index contributed by atoms with van der Waals surface area (Å²) in [4.78, 5) is 1.51. The number of thiophene rings is 1. The van der Waals surface area contributed by atoms with Crippen molar-refractivity contribution in [1.29, 1.82) is 0 Å². The van der Waals surface area contributed by atoms with E-state index in [4.69, 9.17) is 0 Å². The Morgan fingerprint density at radius 1 is 1.29 bits per heavy atom. The third kappa shape index (κ3) is 2.27. The van der Waals surface area contributed by atoms with E-state index >= 15 is 0 Å². The highest BCUT2D eigenvalue weighted by Crippen LogP contribution is 2.36. The average Bonchev–Trinajstić information content (AvgIpc) is 2.74. The van der Waals surface area contributed by atoms with Gasteiger partial charge < -0.3 is 0 Å². The topological polar surface area (TPSA) is 0 Å². The molecule has 0 aliphatic heterocycles. The maximum Gasteiger partial charge on any atom is 0.0221 e. The van der Waals surface area contributed by atoms with E-state index in [-0.39, 0.29) is 0 Å². The summed E-state index contributed by atoms with van der Waals surface area (Å²) in [5, 5.41) is 2.18. The van der Waals surface area contributed by atoms with E-state index in [0.717, 1.165) is 6.42 Å². The fraction of sp³-hybridized carbons (Fsp3) is 0.538. The van der Waals surface area contributed by atoms with Crippen LogP contribution in [0.3, 0.4) is 0 Å².